The number of carbonyl (C=O) groups is 1. The number of nitrogens with zero attached hydrogens (tertiary/aromatic N) is 2. The molecule has 9 heteroatoms. The Bertz CT molecular complexity index is 1370. The first-order chi connectivity index (χ1) is 14.3. The number of amides is 1. The predicted octanol–water partition coefficient (Wildman–Crippen LogP) is 1.46. The summed E-state index contributed by atoms with van der Waals surface area (Å²) in [6.07, 6.45) is 2.60. The molecule has 0 aliphatic carbocycles. The van der Waals surface area contributed by atoms with Crippen molar-refractivity contribution in [1.29, 1.82) is 0 Å². The van der Waals surface area contributed by atoms with Crippen molar-refractivity contribution < 1.29 is 13.2 Å². The fourth-order valence-electron chi connectivity index (χ4n) is 3.81. The number of carbonyl (C=O) groups excluding carboxylic acids is 1. The molecular formula is C21H21N3O5S. The van der Waals surface area contributed by atoms with E-state index in [-0.39, 0.29) is 34.9 Å². The lowest BCUT2D eigenvalue weighted by Crippen LogP contribution is -2.37. The maximum absolute atomic E-state index is 12.9. The summed E-state index contributed by atoms with van der Waals surface area (Å²) in [7, 11) is -3.32. The van der Waals surface area contributed by atoms with Gasteiger partial charge in [0.25, 0.3) is 11.1 Å². The summed E-state index contributed by atoms with van der Waals surface area (Å²) in [6, 6.07) is 11.3. The van der Waals surface area contributed by atoms with Gasteiger partial charge in [-0.15, -0.1) is 0 Å². The van der Waals surface area contributed by atoms with Gasteiger partial charge in [-0.2, -0.15) is 0 Å². The van der Waals surface area contributed by atoms with Crippen LogP contribution in [0.25, 0.3) is 10.8 Å². The van der Waals surface area contributed by atoms with E-state index >= 15 is 0 Å². The van der Waals surface area contributed by atoms with Crippen LogP contribution in [0.2, 0.25) is 0 Å². The van der Waals surface area contributed by atoms with E-state index in [0.29, 0.717) is 29.4 Å². The van der Waals surface area contributed by atoms with E-state index in [1.165, 1.54) is 10.7 Å². The Morgan fingerprint density at radius 3 is 2.57 bits per heavy atom. The zero-order valence-corrected chi connectivity index (χ0v) is 17.2. The summed E-state index contributed by atoms with van der Waals surface area (Å²) in [5.41, 5.74) is 0.774. The Morgan fingerprint density at radius 2 is 1.83 bits per heavy atom. The second-order valence-corrected chi connectivity index (χ2v) is 9.42. The first kappa shape index (κ1) is 20.1. The van der Waals surface area contributed by atoms with E-state index in [1.54, 1.807) is 41.3 Å². The van der Waals surface area contributed by atoms with Crippen LogP contribution >= 0.6 is 0 Å². The molecule has 2 aromatic carbocycles. The van der Waals surface area contributed by atoms with Gasteiger partial charge in [-0.25, -0.2) is 13.1 Å². The van der Waals surface area contributed by atoms with Crippen molar-refractivity contribution in [2.45, 2.75) is 30.7 Å². The van der Waals surface area contributed by atoms with Crippen molar-refractivity contribution in [2.24, 2.45) is 0 Å². The number of aromatic nitrogens is 2. The first-order valence-corrected chi connectivity index (χ1v) is 11.5. The number of sulfone groups is 1. The third-order valence-electron chi connectivity index (χ3n) is 5.33. The SMILES string of the molecule is CS(=O)(=O)c1ccc2c(c1)CCCN2C(=O)CCn1[nH]c(=O)c2ccccc2c1=O. The molecule has 0 saturated carbocycles. The minimum Gasteiger partial charge on any atom is -0.312 e. The smallest absolute Gasteiger partial charge is 0.273 e. The summed E-state index contributed by atoms with van der Waals surface area (Å²) in [6.45, 7) is 0.568. The van der Waals surface area contributed by atoms with E-state index in [2.05, 4.69) is 5.10 Å². The molecule has 1 N–H and O–H groups in total. The summed E-state index contributed by atoms with van der Waals surface area (Å²) in [4.78, 5) is 39.6. The molecule has 0 bridgehead atoms. The van der Waals surface area contributed by atoms with Gasteiger partial charge in [0.15, 0.2) is 9.84 Å². The van der Waals surface area contributed by atoms with Gasteiger partial charge in [0.1, 0.15) is 0 Å². The second-order valence-electron chi connectivity index (χ2n) is 7.40. The maximum atomic E-state index is 12.9. The molecule has 0 saturated heterocycles. The van der Waals surface area contributed by atoms with Gasteiger partial charge >= 0.3 is 0 Å². The van der Waals surface area contributed by atoms with Gasteiger partial charge in [0.2, 0.25) is 5.91 Å². The van der Waals surface area contributed by atoms with Gasteiger partial charge in [0, 0.05) is 24.9 Å². The average Bonchev–Trinajstić information content (AvgIpc) is 2.73. The summed E-state index contributed by atoms with van der Waals surface area (Å²) < 4.78 is 24.8. The standard InChI is InChI=1S/C21H21N3O5S/c1-30(28,29)15-8-9-18-14(13-15)5-4-11-23(18)19(25)10-12-24-21(27)17-7-3-2-6-16(17)20(26)22-24/h2-3,6-9,13H,4-5,10-12H2,1H3,(H,22,26). The summed E-state index contributed by atoms with van der Waals surface area (Å²) in [5, 5.41) is 3.16. The van der Waals surface area contributed by atoms with Crippen molar-refractivity contribution in [2.75, 3.05) is 17.7 Å². The number of hydrogen-bond acceptors (Lipinski definition) is 5. The second kappa shape index (κ2) is 7.56. The fraction of sp³-hybridized carbons (Fsp3) is 0.286. The summed E-state index contributed by atoms with van der Waals surface area (Å²) in [5.74, 6) is -0.191. The number of aryl methyl sites for hydroxylation is 2. The Labute approximate surface area is 172 Å². The predicted molar refractivity (Wildman–Crippen MR) is 114 cm³/mol. The van der Waals surface area contributed by atoms with E-state index in [9.17, 15) is 22.8 Å². The number of rotatable bonds is 4. The Balaban J connectivity index is 1.58. The van der Waals surface area contributed by atoms with Crippen LogP contribution in [0.4, 0.5) is 5.69 Å². The third kappa shape index (κ3) is 3.68. The molecule has 4 rings (SSSR count). The molecular weight excluding hydrogens is 406 g/mol. The highest BCUT2D eigenvalue weighted by Gasteiger charge is 2.24. The molecule has 0 spiro atoms. The number of anilines is 1. The Morgan fingerprint density at radius 1 is 1.10 bits per heavy atom. The number of H-pyrrole nitrogens is 1. The minimum atomic E-state index is -3.32. The normalized spacial score (nSPS) is 14.0. The van der Waals surface area contributed by atoms with Crippen LogP contribution in [-0.4, -0.2) is 36.9 Å². The molecule has 0 unspecified atom stereocenters. The van der Waals surface area contributed by atoms with Crippen LogP contribution in [0, 0.1) is 0 Å². The Hall–Kier alpha value is -3.20. The lowest BCUT2D eigenvalue weighted by Gasteiger charge is -2.30. The first-order valence-electron chi connectivity index (χ1n) is 9.61. The molecule has 8 nitrogen and oxygen atoms in total. The lowest BCUT2D eigenvalue weighted by atomic mass is 10.0. The largest absolute Gasteiger partial charge is 0.312 e. The molecule has 3 aromatic rings. The van der Waals surface area contributed by atoms with Crippen LogP contribution in [0.15, 0.2) is 56.9 Å². The van der Waals surface area contributed by atoms with Crippen molar-refractivity contribution in [3.05, 3.63) is 68.7 Å². The average molecular weight is 427 g/mol. The molecule has 1 aliphatic heterocycles. The lowest BCUT2D eigenvalue weighted by molar-refractivity contribution is -0.119. The zero-order valence-electron chi connectivity index (χ0n) is 16.4. The quantitative estimate of drug-likeness (QED) is 0.678. The Kier molecular flexibility index (Phi) is 5.07. The van der Waals surface area contributed by atoms with Crippen molar-refractivity contribution >= 4 is 32.2 Å². The monoisotopic (exact) mass is 427 g/mol. The van der Waals surface area contributed by atoms with Crippen molar-refractivity contribution in [3.8, 4) is 0 Å². The number of aromatic amines is 1. The van der Waals surface area contributed by atoms with E-state index < -0.39 is 9.84 Å². The number of benzene rings is 2. The van der Waals surface area contributed by atoms with E-state index in [4.69, 9.17) is 0 Å². The van der Waals surface area contributed by atoms with Crippen molar-refractivity contribution in [1.82, 2.24) is 9.78 Å². The molecule has 1 aromatic heterocycles. The van der Waals surface area contributed by atoms with Gasteiger partial charge in [-0.05, 0) is 48.7 Å². The molecule has 1 amide bonds. The molecule has 30 heavy (non-hydrogen) atoms. The molecule has 0 atom stereocenters. The van der Waals surface area contributed by atoms with E-state index in [0.717, 1.165) is 18.2 Å². The van der Waals surface area contributed by atoms with Crippen LogP contribution in [-0.2, 0) is 27.6 Å². The highest BCUT2D eigenvalue weighted by Crippen LogP contribution is 2.30. The van der Waals surface area contributed by atoms with Crippen LogP contribution in [0.1, 0.15) is 18.4 Å². The molecule has 2 heterocycles. The van der Waals surface area contributed by atoms with Crippen LogP contribution in [0.3, 0.4) is 0 Å². The van der Waals surface area contributed by atoms with E-state index in [1.807, 2.05) is 0 Å². The molecule has 0 radical (unpaired) electrons. The van der Waals surface area contributed by atoms with Gasteiger partial charge in [-0.1, -0.05) is 12.1 Å². The third-order valence-corrected chi connectivity index (χ3v) is 6.44. The molecule has 0 fully saturated rings. The highest BCUT2D eigenvalue weighted by molar-refractivity contribution is 7.90. The van der Waals surface area contributed by atoms with Crippen molar-refractivity contribution in [3.63, 3.8) is 0 Å². The topological polar surface area (TPSA) is 109 Å². The number of nitrogens with one attached hydrogen (secondary N) is 1. The van der Waals surface area contributed by atoms with Gasteiger partial charge in [-0.3, -0.25) is 19.5 Å². The number of hydrogen-bond donors (Lipinski definition) is 1. The van der Waals surface area contributed by atoms with Crippen LogP contribution < -0.4 is 16.0 Å². The highest BCUT2D eigenvalue weighted by atomic mass is 32.2. The molecule has 156 valence electrons. The molecule has 1 aliphatic rings. The zero-order chi connectivity index (χ0) is 21.5. The summed E-state index contributed by atoms with van der Waals surface area (Å²) >= 11 is 0. The van der Waals surface area contributed by atoms with Crippen LogP contribution in [0.5, 0.6) is 0 Å². The van der Waals surface area contributed by atoms with Gasteiger partial charge < -0.3 is 4.90 Å². The minimum absolute atomic E-state index is 0.0292. The maximum Gasteiger partial charge on any atom is 0.273 e. The fourth-order valence-corrected chi connectivity index (χ4v) is 4.48. The number of fused-ring (bicyclic) bond motifs is 2. The van der Waals surface area contributed by atoms with Gasteiger partial charge in [0.05, 0.1) is 22.2 Å².